The van der Waals surface area contributed by atoms with Crippen LogP contribution in [-0.2, 0) is 0 Å². The zero-order valence-electron chi connectivity index (χ0n) is 13.3. The van der Waals surface area contributed by atoms with Gasteiger partial charge in [0.1, 0.15) is 18.2 Å². The third kappa shape index (κ3) is 5.29. The average Bonchev–Trinajstić information content (AvgIpc) is 2.53. The van der Waals surface area contributed by atoms with E-state index in [0.29, 0.717) is 24.8 Å². The van der Waals surface area contributed by atoms with Gasteiger partial charge in [-0.3, -0.25) is 0 Å². The van der Waals surface area contributed by atoms with Crippen molar-refractivity contribution in [2.24, 2.45) is 0 Å². The summed E-state index contributed by atoms with van der Waals surface area (Å²) in [5.41, 5.74) is 1.89. The van der Waals surface area contributed by atoms with Crippen molar-refractivity contribution in [3.8, 4) is 5.75 Å². The van der Waals surface area contributed by atoms with Crippen molar-refractivity contribution >= 4 is 11.7 Å². The minimum atomic E-state index is -0.307. The Bertz CT molecular complexity index is 642. The minimum absolute atomic E-state index is 0.277. The number of carbonyl (C=O) groups excluding carboxylic acids is 1. The molecule has 0 bridgehead atoms. The van der Waals surface area contributed by atoms with Crippen molar-refractivity contribution in [2.75, 3.05) is 18.5 Å². The van der Waals surface area contributed by atoms with Crippen LogP contribution in [0.4, 0.5) is 14.9 Å². The van der Waals surface area contributed by atoms with Crippen LogP contribution in [0.1, 0.15) is 25.3 Å². The van der Waals surface area contributed by atoms with Crippen molar-refractivity contribution in [2.45, 2.75) is 19.8 Å². The summed E-state index contributed by atoms with van der Waals surface area (Å²) in [5, 5.41) is 5.57. The second-order valence-corrected chi connectivity index (χ2v) is 5.43. The fourth-order valence-corrected chi connectivity index (χ4v) is 2.15. The summed E-state index contributed by atoms with van der Waals surface area (Å²) in [7, 11) is 0. The molecule has 0 unspecified atom stereocenters. The number of para-hydroxylation sites is 1. The Morgan fingerprint density at radius 3 is 2.52 bits per heavy atom. The van der Waals surface area contributed by atoms with Gasteiger partial charge in [0, 0.05) is 5.69 Å². The number of nitrogens with one attached hydrogen (secondary N) is 2. The highest BCUT2D eigenvalue weighted by atomic mass is 19.1. The molecule has 0 aliphatic carbocycles. The fourth-order valence-electron chi connectivity index (χ4n) is 2.15. The van der Waals surface area contributed by atoms with Crippen molar-refractivity contribution < 1.29 is 13.9 Å². The fraction of sp³-hybridized carbons (Fsp3) is 0.278. The molecule has 2 rings (SSSR count). The first-order chi connectivity index (χ1) is 11.1. The van der Waals surface area contributed by atoms with Gasteiger partial charge < -0.3 is 15.4 Å². The number of amides is 2. The van der Waals surface area contributed by atoms with Gasteiger partial charge in [0.15, 0.2) is 0 Å². The molecule has 4 nitrogen and oxygen atoms in total. The number of urea groups is 1. The van der Waals surface area contributed by atoms with E-state index in [1.165, 1.54) is 12.1 Å². The molecule has 0 heterocycles. The highest BCUT2D eigenvalue weighted by Crippen LogP contribution is 2.23. The number of hydrogen-bond donors (Lipinski definition) is 2. The Labute approximate surface area is 135 Å². The largest absolute Gasteiger partial charge is 0.492 e. The molecule has 2 N–H and O–H groups in total. The highest BCUT2D eigenvalue weighted by Gasteiger charge is 2.08. The van der Waals surface area contributed by atoms with Gasteiger partial charge in [0.05, 0.1) is 6.54 Å². The molecule has 0 aliphatic rings. The number of ether oxygens (including phenoxy) is 1. The number of carbonyl (C=O) groups is 1. The highest BCUT2D eigenvalue weighted by molar-refractivity contribution is 5.90. The topological polar surface area (TPSA) is 50.4 Å². The van der Waals surface area contributed by atoms with Crippen LogP contribution in [0.15, 0.2) is 48.5 Å². The molecule has 23 heavy (non-hydrogen) atoms. The van der Waals surface area contributed by atoms with Gasteiger partial charge in [0.25, 0.3) is 0 Å². The quantitative estimate of drug-likeness (QED) is 0.787. The second kappa shape index (κ2) is 8.17. The molecular formula is C18H21FN2O2. The lowest BCUT2D eigenvalue weighted by Crippen LogP contribution is -2.32. The van der Waals surface area contributed by atoms with Crippen LogP contribution in [0.2, 0.25) is 0 Å². The maximum atomic E-state index is 12.8. The number of anilines is 1. The molecular weight excluding hydrogens is 295 g/mol. The molecule has 0 spiro atoms. The monoisotopic (exact) mass is 316 g/mol. The van der Waals surface area contributed by atoms with E-state index in [1.54, 1.807) is 12.1 Å². The summed E-state index contributed by atoms with van der Waals surface area (Å²) in [6.07, 6.45) is 0. The number of rotatable bonds is 6. The molecule has 2 aromatic rings. The summed E-state index contributed by atoms with van der Waals surface area (Å²) < 4.78 is 18.2. The molecule has 0 saturated carbocycles. The van der Waals surface area contributed by atoms with Gasteiger partial charge in [0.2, 0.25) is 0 Å². The maximum Gasteiger partial charge on any atom is 0.319 e. The SMILES string of the molecule is CC(C)c1ccccc1NC(=O)NCCOc1ccc(F)cc1. The molecule has 5 heteroatoms. The van der Waals surface area contributed by atoms with E-state index >= 15 is 0 Å². The maximum absolute atomic E-state index is 12.8. The third-order valence-corrected chi connectivity index (χ3v) is 3.30. The lowest BCUT2D eigenvalue weighted by Gasteiger charge is -2.14. The first-order valence-corrected chi connectivity index (χ1v) is 7.58. The molecule has 122 valence electrons. The Morgan fingerprint density at radius 2 is 1.83 bits per heavy atom. The lowest BCUT2D eigenvalue weighted by atomic mass is 10.0. The first kappa shape index (κ1) is 16.8. The van der Waals surface area contributed by atoms with Crippen LogP contribution in [0, 0.1) is 5.82 Å². The first-order valence-electron chi connectivity index (χ1n) is 7.58. The molecule has 0 aliphatic heterocycles. The summed E-state index contributed by atoms with van der Waals surface area (Å²) in [6, 6.07) is 13.2. The summed E-state index contributed by atoms with van der Waals surface area (Å²) in [4.78, 5) is 11.9. The van der Waals surface area contributed by atoms with Gasteiger partial charge in [-0.25, -0.2) is 9.18 Å². The van der Waals surface area contributed by atoms with E-state index in [4.69, 9.17) is 4.74 Å². The lowest BCUT2D eigenvalue weighted by molar-refractivity contribution is 0.247. The summed E-state index contributed by atoms with van der Waals surface area (Å²) in [5.74, 6) is 0.589. The van der Waals surface area contributed by atoms with E-state index in [-0.39, 0.29) is 11.8 Å². The van der Waals surface area contributed by atoms with Crippen LogP contribution in [0.25, 0.3) is 0 Å². The van der Waals surface area contributed by atoms with E-state index in [1.807, 2.05) is 24.3 Å². The number of benzene rings is 2. The van der Waals surface area contributed by atoms with Crippen molar-refractivity contribution in [1.82, 2.24) is 5.32 Å². The van der Waals surface area contributed by atoms with Crippen molar-refractivity contribution in [3.63, 3.8) is 0 Å². The van der Waals surface area contributed by atoms with Crippen LogP contribution in [0.3, 0.4) is 0 Å². The van der Waals surface area contributed by atoms with Crippen LogP contribution >= 0.6 is 0 Å². The van der Waals surface area contributed by atoms with Gasteiger partial charge in [-0.15, -0.1) is 0 Å². The van der Waals surface area contributed by atoms with Crippen molar-refractivity contribution in [3.05, 3.63) is 59.9 Å². The summed E-state index contributed by atoms with van der Waals surface area (Å²) >= 11 is 0. The van der Waals surface area contributed by atoms with Crippen LogP contribution in [-0.4, -0.2) is 19.2 Å². The normalized spacial score (nSPS) is 10.4. The van der Waals surface area contributed by atoms with Crippen LogP contribution in [0.5, 0.6) is 5.75 Å². The predicted molar refractivity (Wildman–Crippen MR) is 89.4 cm³/mol. The molecule has 0 atom stereocenters. The molecule has 0 saturated heterocycles. The predicted octanol–water partition coefficient (Wildman–Crippen LogP) is 4.15. The molecule has 2 aromatic carbocycles. The van der Waals surface area contributed by atoms with Gasteiger partial charge >= 0.3 is 6.03 Å². The molecule has 0 radical (unpaired) electrons. The molecule has 2 amide bonds. The van der Waals surface area contributed by atoms with Crippen molar-refractivity contribution in [1.29, 1.82) is 0 Å². The zero-order chi connectivity index (χ0) is 16.7. The zero-order valence-corrected chi connectivity index (χ0v) is 13.3. The Morgan fingerprint density at radius 1 is 1.13 bits per heavy atom. The smallest absolute Gasteiger partial charge is 0.319 e. The Kier molecular flexibility index (Phi) is 5.97. The van der Waals surface area contributed by atoms with E-state index in [9.17, 15) is 9.18 Å². The van der Waals surface area contributed by atoms with E-state index in [2.05, 4.69) is 24.5 Å². The molecule has 0 fully saturated rings. The van der Waals surface area contributed by atoms with Gasteiger partial charge in [-0.05, 0) is 41.8 Å². The third-order valence-electron chi connectivity index (χ3n) is 3.30. The Balaban J connectivity index is 1.76. The van der Waals surface area contributed by atoms with E-state index < -0.39 is 0 Å². The Hall–Kier alpha value is -2.56. The van der Waals surface area contributed by atoms with E-state index in [0.717, 1.165) is 11.3 Å². The molecule has 0 aromatic heterocycles. The number of halogens is 1. The van der Waals surface area contributed by atoms with Gasteiger partial charge in [-0.2, -0.15) is 0 Å². The average molecular weight is 316 g/mol. The van der Waals surface area contributed by atoms with Crippen LogP contribution < -0.4 is 15.4 Å². The van der Waals surface area contributed by atoms with Gasteiger partial charge in [-0.1, -0.05) is 32.0 Å². The second-order valence-electron chi connectivity index (χ2n) is 5.43. The minimum Gasteiger partial charge on any atom is -0.492 e. The summed E-state index contributed by atoms with van der Waals surface area (Å²) in [6.45, 7) is 4.82. The number of hydrogen-bond acceptors (Lipinski definition) is 2. The standard InChI is InChI=1S/C18H21FN2O2/c1-13(2)16-5-3-4-6-17(16)21-18(22)20-11-12-23-15-9-7-14(19)8-10-15/h3-10,13H,11-12H2,1-2H3,(H2,20,21,22).